The van der Waals surface area contributed by atoms with E-state index in [0.29, 0.717) is 6.73 Å². The van der Waals surface area contributed by atoms with Gasteiger partial charge >= 0.3 is 0 Å². The number of ether oxygens (including phenoxy) is 1. The monoisotopic (exact) mass is 115 g/mol. The summed E-state index contributed by atoms with van der Waals surface area (Å²) >= 11 is 0. The SMILES string of the molecule is CC=CN(C)COC. The zero-order valence-corrected chi connectivity index (χ0v) is 5.72. The maximum Gasteiger partial charge on any atom is 0.117 e. The van der Waals surface area contributed by atoms with Gasteiger partial charge in [0.15, 0.2) is 0 Å². The summed E-state index contributed by atoms with van der Waals surface area (Å²) in [5, 5.41) is 0. The Kier molecular flexibility index (Phi) is 4.36. The Bertz CT molecular complexity index is 70.9. The lowest BCUT2D eigenvalue weighted by atomic mass is 10.6. The van der Waals surface area contributed by atoms with Crippen LogP contribution >= 0.6 is 0 Å². The fourth-order valence-corrected chi connectivity index (χ4v) is 0.501. The second-order valence-electron chi connectivity index (χ2n) is 1.66. The van der Waals surface area contributed by atoms with Crippen LogP contribution in [0.15, 0.2) is 12.3 Å². The van der Waals surface area contributed by atoms with E-state index in [4.69, 9.17) is 4.74 Å². The first-order valence-corrected chi connectivity index (χ1v) is 2.63. The van der Waals surface area contributed by atoms with Crippen LogP contribution in [-0.4, -0.2) is 25.8 Å². The van der Waals surface area contributed by atoms with Crippen LogP contribution in [0.1, 0.15) is 6.92 Å². The minimum atomic E-state index is 0.657. The van der Waals surface area contributed by atoms with Gasteiger partial charge in [-0.05, 0) is 13.1 Å². The van der Waals surface area contributed by atoms with Gasteiger partial charge in [-0.2, -0.15) is 0 Å². The highest BCUT2D eigenvalue weighted by Crippen LogP contribution is 1.81. The molecule has 0 aromatic heterocycles. The molecule has 0 fully saturated rings. The summed E-state index contributed by atoms with van der Waals surface area (Å²) in [6.45, 7) is 2.64. The van der Waals surface area contributed by atoms with Gasteiger partial charge in [-0.25, -0.2) is 0 Å². The molecule has 2 heteroatoms. The fraction of sp³-hybridized carbons (Fsp3) is 0.667. The highest BCUT2D eigenvalue weighted by Gasteiger charge is 1.82. The van der Waals surface area contributed by atoms with Crippen LogP contribution in [0.4, 0.5) is 0 Å². The molecule has 0 heterocycles. The molecule has 8 heavy (non-hydrogen) atoms. The highest BCUT2D eigenvalue weighted by molar-refractivity contribution is 4.73. The maximum absolute atomic E-state index is 4.83. The van der Waals surface area contributed by atoms with Crippen molar-refractivity contribution in [2.45, 2.75) is 6.92 Å². The molecule has 0 aliphatic rings. The number of methoxy groups -OCH3 is 1. The summed E-state index contributed by atoms with van der Waals surface area (Å²) in [7, 11) is 3.64. The lowest BCUT2D eigenvalue weighted by Gasteiger charge is -2.10. The number of allylic oxidation sites excluding steroid dienone is 1. The van der Waals surface area contributed by atoms with Crippen molar-refractivity contribution in [3.05, 3.63) is 12.3 Å². The zero-order chi connectivity index (χ0) is 6.41. The Morgan fingerprint density at radius 3 is 2.62 bits per heavy atom. The average molecular weight is 115 g/mol. The van der Waals surface area contributed by atoms with Crippen LogP contribution in [0, 0.1) is 0 Å². The fourth-order valence-electron chi connectivity index (χ4n) is 0.501. The van der Waals surface area contributed by atoms with Crippen LogP contribution < -0.4 is 0 Å². The average Bonchev–Trinajstić information content (AvgIpc) is 1.68. The molecule has 0 saturated heterocycles. The summed E-state index contributed by atoms with van der Waals surface area (Å²) < 4.78 is 4.83. The molecule has 0 aliphatic heterocycles. The molecule has 0 rings (SSSR count). The standard InChI is InChI=1S/C6H13NO/c1-4-5-7(2)6-8-3/h4-5H,6H2,1-3H3. The second-order valence-corrected chi connectivity index (χ2v) is 1.66. The van der Waals surface area contributed by atoms with Crippen molar-refractivity contribution >= 4 is 0 Å². The predicted molar refractivity (Wildman–Crippen MR) is 34.5 cm³/mol. The first-order chi connectivity index (χ1) is 3.81. The summed E-state index contributed by atoms with van der Waals surface area (Å²) in [6.07, 6.45) is 3.93. The van der Waals surface area contributed by atoms with E-state index in [1.807, 2.05) is 31.1 Å². The number of nitrogens with zero attached hydrogens (tertiary/aromatic N) is 1. The van der Waals surface area contributed by atoms with Gasteiger partial charge in [-0.3, -0.25) is 0 Å². The Labute approximate surface area is 50.7 Å². The van der Waals surface area contributed by atoms with E-state index < -0.39 is 0 Å². The van der Waals surface area contributed by atoms with Crippen LogP contribution in [0.5, 0.6) is 0 Å². The topological polar surface area (TPSA) is 12.5 Å². The predicted octanol–water partition coefficient (Wildman–Crippen LogP) is 1.06. The molecular weight excluding hydrogens is 102 g/mol. The van der Waals surface area contributed by atoms with Gasteiger partial charge in [0.05, 0.1) is 0 Å². The Hall–Kier alpha value is -0.500. The van der Waals surface area contributed by atoms with Gasteiger partial charge in [-0.1, -0.05) is 6.08 Å². The number of rotatable bonds is 3. The third-order valence-electron chi connectivity index (χ3n) is 0.736. The van der Waals surface area contributed by atoms with E-state index in [1.165, 1.54) is 0 Å². The normalized spacial score (nSPS) is 10.4. The molecule has 48 valence electrons. The minimum Gasteiger partial charge on any atom is -0.364 e. The van der Waals surface area contributed by atoms with Crippen LogP contribution in [0.3, 0.4) is 0 Å². The van der Waals surface area contributed by atoms with Gasteiger partial charge in [0.1, 0.15) is 6.73 Å². The third-order valence-corrected chi connectivity index (χ3v) is 0.736. The lowest BCUT2D eigenvalue weighted by molar-refractivity contribution is 0.112. The second kappa shape index (κ2) is 4.65. The summed E-state index contributed by atoms with van der Waals surface area (Å²) in [5.41, 5.74) is 0. The van der Waals surface area contributed by atoms with E-state index in [2.05, 4.69) is 0 Å². The summed E-state index contributed by atoms with van der Waals surface area (Å²) in [5.74, 6) is 0. The first kappa shape index (κ1) is 7.50. The van der Waals surface area contributed by atoms with Crippen molar-refractivity contribution in [2.75, 3.05) is 20.9 Å². The van der Waals surface area contributed by atoms with Gasteiger partial charge in [0.25, 0.3) is 0 Å². The molecule has 0 aromatic rings. The van der Waals surface area contributed by atoms with Gasteiger partial charge in [-0.15, -0.1) is 0 Å². The van der Waals surface area contributed by atoms with Gasteiger partial charge in [0.2, 0.25) is 0 Å². The quantitative estimate of drug-likeness (QED) is 0.510. The smallest absolute Gasteiger partial charge is 0.117 e. The zero-order valence-electron chi connectivity index (χ0n) is 5.72. The molecule has 0 amide bonds. The molecule has 0 aliphatic carbocycles. The van der Waals surface area contributed by atoms with Crippen molar-refractivity contribution < 1.29 is 4.74 Å². The molecule has 0 aromatic carbocycles. The first-order valence-electron chi connectivity index (χ1n) is 2.63. The molecule has 0 N–H and O–H groups in total. The van der Waals surface area contributed by atoms with Crippen molar-refractivity contribution in [1.29, 1.82) is 0 Å². The Morgan fingerprint density at radius 2 is 2.25 bits per heavy atom. The van der Waals surface area contributed by atoms with Crippen molar-refractivity contribution in [2.24, 2.45) is 0 Å². The van der Waals surface area contributed by atoms with Gasteiger partial charge in [0, 0.05) is 14.2 Å². The maximum atomic E-state index is 4.83. The van der Waals surface area contributed by atoms with Crippen molar-refractivity contribution in [3.63, 3.8) is 0 Å². The molecule has 0 radical (unpaired) electrons. The molecule has 0 unspecified atom stereocenters. The lowest BCUT2D eigenvalue weighted by Crippen LogP contribution is -2.12. The highest BCUT2D eigenvalue weighted by atomic mass is 16.5. The van der Waals surface area contributed by atoms with Crippen molar-refractivity contribution in [1.82, 2.24) is 4.90 Å². The van der Waals surface area contributed by atoms with E-state index in [-0.39, 0.29) is 0 Å². The Morgan fingerprint density at radius 1 is 1.62 bits per heavy atom. The van der Waals surface area contributed by atoms with Crippen LogP contribution in [0.25, 0.3) is 0 Å². The minimum absolute atomic E-state index is 0.657. The molecule has 0 spiro atoms. The summed E-state index contributed by atoms with van der Waals surface area (Å²) in [4.78, 5) is 1.96. The van der Waals surface area contributed by atoms with Gasteiger partial charge < -0.3 is 9.64 Å². The van der Waals surface area contributed by atoms with Crippen LogP contribution in [-0.2, 0) is 4.74 Å². The van der Waals surface area contributed by atoms with Crippen LogP contribution in [0.2, 0.25) is 0 Å². The number of hydrogen-bond donors (Lipinski definition) is 0. The summed E-state index contributed by atoms with van der Waals surface area (Å²) in [6, 6.07) is 0. The molecular formula is C6H13NO. The van der Waals surface area contributed by atoms with E-state index >= 15 is 0 Å². The van der Waals surface area contributed by atoms with Crippen molar-refractivity contribution in [3.8, 4) is 0 Å². The molecule has 0 saturated carbocycles. The van der Waals surface area contributed by atoms with E-state index in [9.17, 15) is 0 Å². The number of hydrogen-bond acceptors (Lipinski definition) is 2. The van der Waals surface area contributed by atoms with E-state index in [0.717, 1.165) is 0 Å². The molecule has 2 nitrogen and oxygen atoms in total. The Balaban J connectivity index is 3.17. The largest absolute Gasteiger partial charge is 0.364 e. The van der Waals surface area contributed by atoms with E-state index in [1.54, 1.807) is 7.11 Å². The molecule has 0 atom stereocenters. The molecule has 0 bridgehead atoms. The third kappa shape index (κ3) is 3.68.